The molecule has 0 nitrogen and oxygen atoms in total. The third-order valence-electron chi connectivity index (χ3n) is 1.98. The van der Waals surface area contributed by atoms with Crippen LogP contribution in [-0.4, -0.2) is 18.0 Å². The normalized spacial score (nSPS) is 34.6. The van der Waals surface area contributed by atoms with Crippen LogP contribution in [0.15, 0.2) is 24.3 Å². The first-order valence-corrected chi connectivity index (χ1v) is 7.46. The van der Waals surface area contributed by atoms with E-state index in [0.29, 0.717) is 7.61 Å². The van der Waals surface area contributed by atoms with Gasteiger partial charge in [-0.2, -0.15) is 0 Å². The zero-order chi connectivity index (χ0) is 6.81. The van der Waals surface area contributed by atoms with E-state index in [2.05, 4.69) is 24.3 Å². The molecule has 0 aromatic rings. The second-order valence-electron chi connectivity index (χ2n) is 2.72. The van der Waals surface area contributed by atoms with Crippen LogP contribution in [0.5, 0.6) is 0 Å². The average Bonchev–Trinajstić information content (AvgIpc) is 2.59. The van der Waals surface area contributed by atoms with E-state index in [9.17, 15) is 0 Å². The van der Waals surface area contributed by atoms with Crippen LogP contribution >= 0.6 is 15.9 Å². The van der Waals surface area contributed by atoms with E-state index >= 15 is 0 Å². The van der Waals surface area contributed by atoms with Gasteiger partial charge in [0.1, 0.15) is 0 Å². The van der Waals surface area contributed by atoms with Crippen molar-refractivity contribution in [3.8, 4) is 0 Å². The molecule has 1 aliphatic heterocycles. The highest BCUT2D eigenvalue weighted by Gasteiger charge is 2.21. The van der Waals surface area contributed by atoms with E-state index in [-0.39, 0.29) is 0 Å². The molecule has 2 aliphatic rings. The van der Waals surface area contributed by atoms with Crippen molar-refractivity contribution in [3.63, 3.8) is 0 Å². The lowest BCUT2D eigenvalue weighted by Crippen LogP contribution is -1.90. The van der Waals surface area contributed by atoms with E-state index in [1.807, 2.05) is 0 Å². The Balaban J connectivity index is 1.98. The lowest BCUT2D eigenvalue weighted by atomic mass is 10.5. The van der Waals surface area contributed by atoms with Crippen LogP contribution in [0.2, 0.25) is 0 Å². The van der Waals surface area contributed by atoms with Crippen molar-refractivity contribution in [1.29, 1.82) is 0 Å². The minimum absolute atomic E-state index is 0.408. The lowest BCUT2D eigenvalue weighted by molar-refractivity contribution is 1.13. The Morgan fingerprint density at radius 2 is 2.10 bits per heavy atom. The van der Waals surface area contributed by atoms with Gasteiger partial charge in [0.2, 0.25) is 0 Å². The fourth-order valence-electron chi connectivity index (χ4n) is 1.43. The van der Waals surface area contributed by atoms with Gasteiger partial charge in [0.15, 0.2) is 0 Å². The Morgan fingerprint density at radius 3 is 2.70 bits per heavy atom. The molecule has 1 aliphatic carbocycles. The summed E-state index contributed by atoms with van der Waals surface area (Å²) in [7, 11) is 1.70. The van der Waals surface area contributed by atoms with Gasteiger partial charge in [-0.1, -0.05) is 40.2 Å². The molecule has 1 heterocycles. The summed E-state index contributed by atoms with van der Waals surface area (Å²) in [6.07, 6.45) is 13.7. The molecule has 54 valence electrons. The molecule has 2 unspecified atom stereocenters. The molecule has 0 bridgehead atoms. The van der Waals surface area contributed by atoms with Gasteiger partial charge in [-0.25, -0.2) is 0 Å². The van der Waals surface area contributed by atoms with Crippen molar-refractivity contribution in [2.45, 2.75) is 12.1 Å². The molecule has 0 spiro atoms. The number of hydrogen-bond acceptors (Lipinski definition) is 0. The van der Waals surface area contributed by atoms with Gasteiger partial charge in [-0.15, -0.1) is 0 Å². The third-order valence-corrected chi connectivity index (χ3v) is 8.28. The van der Waals surface area contributed by atoms with Crippen LogP contribution < -0.4 is 0 Å². The predicted molar refractivity (Wildman–Crippen MR) is 51.7 cm³/mol. The van der Waals surface area contributed by atoms with Gasteiger partial charge < -0.3 is 0 Å². The number of hydrogen-bond donors (Lipinski definition) is 0. The van der Waals surface area contributed by atoms with Gasteiger partial charge in [0, 0.05) is 5.66 Å². The molecule has 0 aromatic carbocycles. The monoisotopic (exact) mass is 170 g/mol. The maximum Gasteiger partial charge on any atom is 0.0193 e. The molecule has 1 saturated heterocycles. The first kappa shape index (κ1) is 7.01. The molecular weight excluding hydrogens is 158 g/mol. The fraction of sp³-hybridized carbons (Fsp3) is 0.500. The molecule has 0 N–H and O–H groups in total. The first-order chi connectivity index (χ1) is 4.97. The van der Waals surface area contributed by atoms with Crippen LogP contribution in [0.4, 0.5) is 0 Å². The quantitative estimate of drug-likeness (QED) is 0.530. The SMILES string of the molecule is C1=CC(P2CCCP2)C=C1. The Labute approximate surface area is 65.2 Å². The average molecular weight is 170 g/mol. The summed E-state index contributed by atoms with van der Waals surface area (Å²) in [5.74, 6) is 0. The number of rotatable bonds is 1. The second-order valence-corrected chi connectivity index (χ2v) is 8.19. The summed E-state index contributed by atoms with van der Waals surface area (Å²) in [6.45, 7) is 0. The highest BCUT2D eigenvalue weighted by atomic mass is 32.0. The van der Waals surface area contributed by atoms with Gasteiger partial charge in [0.25, 0.3) is 0 Å². The van der Waals surface area contributed by atoms with Crippen molar-refractivity contribution in [2.75, 3.05) is 12.3 Å². The molecule has 2 heteroatoms. The summed E-state index contributed by atoms with van der Waals surface area (Å²) < 4.78 is 0. The summed E-state index contributed by atoms with van der Waals surface area (Å²) in [5, 5.41) is 0. The Hall–Kier alpha value is 0.340. The van der Waals surface area contributed by atoms with Crippen LogP contribution in [0, 0.1) is 0 Å². The Bertz CT molecular complexity index is 154. The van der Waals surface area contributed by atoms with Crippen LogP contribution in [0.1, 0.15) is 6.42 Å². The topological polar surface area (TPSA) is 0 Å². The van der Waals surface area contributed by atoms with Crippen LogP contribution in [0.25, 0.3) is 0 Å². The molecular formula is C8H12P2. The maximum atomic E-state index is 2.38. The highest BCUT2D eigenvalue weighted by molar-refractivity contribution is 8.22. The van der Waals surface area contributed by atoms with E-state index in [1.54, 1.807) is 0 Å². The molecule has 0 amide bonds. The van der Waals surface area contributed by atoms with Crippen LogP contribution in [0.3, 0.4) is 0 Å². The van der Waals surface area contributed by atoms with Gasteiger partial charge in [0.05, 0.1) is 0 Å². The van der Waals surface area contributed by atoms with E-state index in [1.165, 1.54) is 27.0 Å². The molecule has 0 saturated carbocycles. The third kappa shape index (κ3) is 1.34. The zero-order valence-electron chi connectivity index (χ0n) is 5.96. The highest BCUT2D eigenvalue weighted by Crippen LogP contribution is 2.65. The molecule has 0 aromatic heterocycles. The predicted octanol–water partition coefficient (Wildman–Crippen LogP) is 2.96. The first-order valence-electron chi connectivity index (χ1n) is 3.82. The van der Waals surface area contributed by atoms with Crippen molar-refractivity contribution in [3.05, 3.63) is 24.3 Å². The molecule has 2 atom stereocenters. The summed E-state index contributed by atoms with van der Waals surface area (Å²) in [5.41, 5.74) is 0.871. The second kappa shape index (κ2) is 3.16. The largest absolute Gasteiger partial charge is 0.0951 e. The zero-order valence-corrected chi connectivity index (χ0v) is 7.85. The minimum atomic E-state index is 0.408. The summed E-state index contributed by atoms with van der Waals surface area (Å²) in [6, 6.07) is 0. The minimum Gasteiger partial charge on any atom is -0.0951 e. The smallest absolute Gasteiger partial charge is 0.0193 e. The van der Waals surface area contributed by atoms with Crippen molar-refractivity contribution in [2.24, 2.45) is 0 Å². The fourth-order valence-corrected chi connectivity index (χ4v) is 7.57. The molecule has 2 rings (SSSR count). The van der Waals surface area contributed by atoms with Gasteiger partial charge in [-0.05, 0) is 18.7 Å². The van der Waals surface area contributed by atoms with E-state index < -0.39 is 0 Å². The number of allylic oxidation sites excluding steroid dienone is 4. The maximum absolute atomic E-state index is 2.38. The van der Waals surface area contributed by atoms with E-state index in [4.69, 9.17) is 0 Å². The summed E-state index contributed by atoms with van der Waals surface area (Å²) in [4.78, 5) is 0. The van der Waals surface area contributed by atoms with Crippen molar-refractivity contribution < 1.29 is 0 Å². The molecule has 1 fully saturated rings. The van der Waals surface area contributed by atoms with Gasteiger partial charge >= 0.3 is 0 Å². The lowest BCUT2D eigenvalue weighted by Gasteiger charge is -2.13. The van der Waals surface area contributed by atoms with Crippen LogP contribution in [-0.2, 0) is 0 Å². The standard InChI is InChI=1S/C8H12P2/c1-2-5-8(4-1)10-7-3-6-9-10/h1-2,4-5,8-9H,3,6-7H2. The summed E-state index contributed by atoms with van der Waals surface area (Å²) >= 11 is 0. The van der Waals surface area contributed by atoms with Gasteiger partial charge in [-0.3, -0.25) is 0 Å². The van der Waals surface area contributed by atoms with Crippen molar-refractivity contribution in [1.82, 2.24) is 0 Å². The van der Waals surface area contributed by atoms with Crippen molar-refractivity contribution >= 4 is 15.9 Å². The molecule has 0 radical (unpaired) electrons. The molecule has 10 heavy (non-hydrogen) atoms. The Kier molecular flexibility index (Phi) is 2.22. The Morgan fingerprint density at radius 1 is 1.30 bits per heavy atom. The van der Waals surface area contributed by atoms with E-state index in [0.717, 1.165) is 5.66 Å².